The second-order valence-electron chi connectivity index (χ2n) is 5.35. The Morgan fingerprint density at radius 1 is 1.15 bits per heavy atom. The van der Waals surface area contributed by atoms with Crippen LogP contribution >= 0.6 is 11.6 Å². The summed E-state index contributed by atoms with van der Waals surface area (Å²) in [6, 6.07) is 8.96. The number of hydrogen-bond donors (Lipinski definition) is 1. The fourth-order valence-corrected chi connectivity index (χ4v) is 2.06. The lowest BCUT2D eigenvalue weighted by molar-refractivity contribution is -0.153. The van der Waals surface area contributed by atoms with E-state index in [0.717, 1.165) is 0 Å². The predicted octanol–water partition coefficient (Wildman–Crippen LogP) is 3.93. The highest BCUT2D eigenvalue weighted by molar-refractivity contribution is 6.30. The average Bonchev–Trinajstić information content (AvgIpc) is 2.59. The van der Waals surface area contributed by atoms with Crippen molar-refractivity contribution in [1.82, 2.24) is 10.3 Å². The van der Waals surface area contributed by atoms with Crippen molar-refractivity contribution in [2.45, 2.75) is 19.1 Å². The van der Waals surface area contributed by atoms with Gasteiger partial charge in [-0.3, -0.25) is 9.78 Å². The number of carbonyl (C=O) groups is 1. The first-order chi connectivity index (χ1) is 12.2. The number of alkyl halides is 3. The van der Waals surface area contributed by atoms with E-state index in [-0.39, 0.29) is 18.3 Å². The Morgan fingerprint density at radius 3 is 2.38 bits per heavy atom. The molecule has 26 heavy (non-hydrogen) atoms. The molecule has 0 aliphatic rings. The lowest BCUT2D eigenvalue weighted by Gasteiger charge is -2.15. The van der Waals surface area contributed by atoms with Gasteiger partial charge in [-0.1, -0.05) is 11.6 Å². The minimum absolute atomic E-state index is 0.00401. The summed E-state index contributed by atoms with van der Waals surface area (Å²) in [7, 11) is 0. The van der Waals surface area contributed by atoms with Crippen LogP contribution in [0.25, 0.3) is 0 Å². The van der Waals surface area contributed by atoms with Crippen molar-refractivity contribution in [3.63, 3.8) is 0 Å². The molecule has 0 bridgehead atoms. The van der Waals surface area contributed by atoms with E-state index in [1.54, 1.807) is 31.2 Å². The molecule has 0 saturated carbocycles. The number of carbonyl (C=O) groups excluding carboxylic acids is 1. The normalized spacial score (nSPS) is 12.3. The zero-order valence-electron chi connectivity index (χ0n) is 13.7. The third-order valence-electron chi connectivity index (χ3n) is 3.17. The van der Waals surface area contributed by atoms with Crippen molar-refractivity contribution in [2.75, 3.05) is 13.2 Å². The number of halogens is 4. The van der Waals surface area contributed by atoms with Gasteiger partial charge in [-0.15, -0.1) is 0 Å². The summed E-state index contributed by atoms with van der Waals surface area (Å²) in [5, 5.41) is 3.24. The largest absolute Gasteiger partial charge is 0.484 e. The number of benzene rings is 1. The Hall–Kier alpha value is -2.48. The van der Waals surface area contributed by atoms with E-state index >= 15 is 0 Å². The summed E-state index contributed by atoms with van der Waals surface area (Å²) < 4.78 is 46.2. The molecule has 1 aromatic carbocycles. The smallest absolute Gasteiger partial charge is 0.422 e. The van der Waals surface area contributed by atoms with Crippen LogP contribution in [0.15, 0.2) is 42.6 Å². The third kappa shape index (κ3) is 6.79. The molecule has 0 spiro atoms. The molecule has 1 heterocycles. The van der Waals surface area contributed by atoms with E-state index < -0.39 is 18.8 Å². The van der Waals surface area contributed by atoms with Crippen LogP contribution < -0.4 is 14.8 Å². The highest BCUT2D eigenvalue weighted by Crippen LogP contribution is 2.19. The SMILES string of the molecule is CC(NC(=O)COc1ccc(Cl)cc1)c1ccc(OCC(F)(F)F)cn1. The Labute approximate surface area is 153 Å². The average molecular weight is 389 g/mol. The fraction of sp³-hybridized carbons (Fsp3) is 0.294. The number of nitrogens with zero attached hydrogens (tertiary/aromatic N) is 1. The topological polar surface area (TPSA) is 60.5 Å². The van der Waals surface area contributed by atoms with Gasteiger partial charge in [0.05, 0.1) is 17.9 Å². The van der Waals surface area contributed by atoms with Gasteiger partial charge in [-0.25, -0.2) is 0 Å². The van der Waals surface area contributed by atoms with E-state index in [0.29, 0.717) is 16.5 Å². The molecule has 2 rings (SSSR count). The van der Waals surface area contributed by atoms with Crippen molar-refractivity contribution in [3.8, 4) is 11.5 Å². The Kier molecular flexibility index (Phi) is 6.68. The van der Waals surface area contributed by atoms with E-state index in [1.165, 1.54) is 18.3 Å². The molecule has 0 aliphatic heterocycles. The summed E-state index contributed by atoms with van der Waals surface area (Å²) in [6.45, 7) is 0.111. The molecule has 5 nitrogen and oxygen atoms in total. The van der Waals surface area contributed by atoms with Gasteiger partial charge in [0, 0.05) is 5.02 Å². The van der Waals surface area contributed by atoms with Gasteiger partial charge >= 0.3 is 6.18 Å². The second-order valence-corrected chi connectivity index (χ2v) is 5.79. The van der Waals surface area contributed by atoms with Crippen LogP contribution in [-0.2, 0) is 4.79 Å². The minimum atomic E-state index is -4.41. The number of pyridine rings is 1. The van der Waals surface area contributed by atoms with Crippen LogP contribution in [0.4, 0.5) is 13.2 Å². The molecule has 0 fully saturated rings. The summed E-state index contributed by atoms with van der Waals surface area (Å²) >= 11 is 5.76. The molecule has 0 aliphatic carbocycles. The van der Waals surface area contributed by atoms with Gasteiger partial charge in [0.25, 0.3) is 5.91 Å². The lowest BCUT2D eigenvalue weighted by atomic mass is 10.2. The maximum atomic E-state index is 12.1. The molecule has 9 heteroatoms. The summed E-state index contributed by atoms with van der Waals surface area (Å²) in [5.74, 6) is 0.129. The first kappa shape index (κ1) is 19.8. The zero-order valence-corrected chi connectivity index (χ0v) is 14.5. The van der Waals surface area contributed by atoms with Crippen molar-refractivity contribution in [2.24, 2.45) is 0 Å². The molecule has 0 radical (unpaired) electrons. The molecular formula is C17H16ClF3N2O3. The minimum Gasteiger partial charge on any atom is -0.484 e. The number of hydrogen-bond acceptors (Lipinski definition) is 4. The van der Waals surface area contributed by atoms with Gasteiger partial charge < -0.3 is 14.8 Å². The van der Waals surface area contributed by atoms with E-state index in [1.807, 2.05) is 0 Å². The first-order valence-corrected chi connectivity index (χ1v) is 7.94. The molecule has 1 amide bonds. The summed E-state index contributed by atoms with van der Waals surface area (Å²) in [4.78, 5) is 15.9. The van der Waals surface area contributed by atoms with Crippen molar-refractivity contribution in [3.05, 3.63) is 53.3 Å². The Balaban J connectivity index is 1.81. The van der Waals surface area contributed by atoms with Crippen molar-refractivity contribution >= 4 is 17.5 Å². The van der Waals surface area contributed by atoms with E-state index in [9.17, 15) is 18.0 Å². The second kappa shape index (κ2) is 8.75. The zero-order chi connectivity index (χ0) is 19.2. The van der Waals surface area contributed by atoms with Crippen LogP contribution in [0.1, 0.15) is 18.7 Å². The van der Waals surface area contributed by atoms with Crippen LogP contribution in [0.5, 0.6) is 11.5 Å². The molecule has 1 N–H and O–H groups in total. The van der Waals surface area contributed by atoms with E-state index in [4.69, 9.17) is 16.3 Å². The fourth-order valence-electron chi connectivity index (χ4n) is 1.94. The summed E-state index contributed by atoms with van der Waals surface area (Å²) in [5.41, 5.74) is 0.476. The third-order valence-corrected chi connectivity index (χ3v) is 3.42. The number of nitrogens with one attached hydrogen (secondary N) is 1. The van der Waals surface area contributed by atoms with Crippen molar-refractivity contribution in [1.29, 1.82) is 0 Å². The highest BCUT2D eigenvalue weighted by atomic mass is 35.5. The molecule has 1 unspecified atom stereocenters. The van der Waals surface area contributed by atoms with Gasteiger partial charge in [0.2, 0.25) is 0 Å². The van der Waals surface area contributed by atoms with Crippen LogP contribution in [0.2, 0.25) is 5.02 Å². The number of amides is 1. The molecule has 0 saturated heterocycles. The maximum absolute atomic E-state index is 12.1. The number of rotatable bonds is 7. The molecule has 1 atom stereocenters. The Morgan fingerprint density at radius 2 is 1.81 bits per heavy atom. The monoisotopic (exact) mass is 388 g/mol. The Bertz CT molecular complexity index is 722. The standard InChI is InChI=1S/C17H16ClF3N2O3/c1-11(15-7-6-14(8-22-15)26-10-17(19,20)21)23-16(24)9-25-13-4-2-12(18)3-5-13/h2-8,11H,9-10H2,1H3,(H,23,24). The van der Waals surface area contributed by atoms with Gasteiger partial charge in [-0.2, -0.15) is 13.2 Å². The number of aromatic nitrogens is 1. The van der Waals surface area contributed by atoms with Crippen LogP contribution in [0, 0.1) is 0 Å². The van der Waals surface area contributed by atoms with Gasteiger partial charge in [0.15, 0.2) is 13.2 Å². The maximum Gasteiger partial charge on any atom is 0.422 e. The van der Waals surface area contributed by atoms with Crippen LogP contribution in [0.3, 0.4) is 0 Å². The predicted molar refractivity (Wildman–Crippen MR) is 89.3 cm³/mol. The highest BCUT2D eigenvalue weighted by Gasteiger charge is 2.28. The molecular weight excluding hydrogens is 373 g/mol. The summed E-state index contributed by atoms with van der Waals surface area (Å²) in [6.07, 6.45) is -3.24. The van der Waals surface area contributed by atoms with Gasteiger partial charge in [0.1, 0.15) is 11.5 Å². The van der Waals surface area contributed by atoms with Crippen LogP contribution in [-0.4, -0.2) is 30.3 Å². The quantitative estimate of drug-likeness (QED) is 0.780. The van der Waals surface area contributed by atoms with Gasteiger partial charge in [-0.05, 0) is 43.3 Å². The number of ether oxygens (including phenoxy) is 2. The lowest BCUT2D eigenvalue weighted by Crippen LogP contribution is -2.31. The van der Waals surface area contributed by atoms with Crippen molar-refractivity contribution < 1.29 is 27.4 Å². The van der Waals surface area contributed by atoms with E-state index in [2.05, 4.69) is 15.0 Å². The molecule has 1 aromatic heterocycles. The first-order valence-electron chi connectivity index (χ1n) is 7.56. The molecule has 140 valence electrons. The molecule has 2 aromatic rings.